The summed E-state index contributed by atoms with van der Waals surface area (Å²) in [6.07, 6.45) is 26.8. The number of ether oxygens (including phenoxy) is 5. The van der Waals surface area contributed by atoms with Crippen LogP contribution in [0.15, 0.2) is 126 Å². The van der Waals surface area contributed by atoms with Crippen molar-refractivity contribution in [2.45, 2.75) is 104 Å². The molecule has 0 bridgehead atoms. The zero-order valence-corrected chi connectivity index (χ0v) is 41.1. The fourth-order valence-corrected chi connectivity index (χ4v) is 6.22. The van der Waals surface area contributed by atoms with E-state index >= 15 is 0 Å². The van der Waals surface area contributed by atoms with Crippen LogP contribution in [0.1, 0.15) is 108 Å². The zero-order chi connectivity index (χ0) is 51.3. The average Bonchev–Trinajstić information content (AvgIpc) is 4.10. The molecule has 1 heterocycles. The number of unbranched alkanes of at least 4 members (excludes halogenated alkanes) is 1. The minimum atomic E-state index is -1.27. The number of nitrogens with zero attached hydrogens (tertiary/aromatic N) is 2. The summed E-state index contributed by atoms with van der Waals surface area (Å²) in [5.41, 5.74) is 4.58. The standard InChI is InChI=1S/C53H69N7O10/c1-7-9-10-11-12-13-14-15-16-17-18-19-20-21-22-23-24-34-44(62)66-37-53(3,4)46(47(63)57-36-35-43(61)58-51(55)59-52(56)60(5)6)70-50-45(69-50)38-30-25-27-32-41(38)67-48(64)39-31-26-28-33-42(39)68-49(65)40(54)29-8-2/h8-10,12-13,15-16,18-19,21-22,25-33,45-46,50,54H,7,11,14,17,20,23-24,34-37H2,1-6H3,(H,57,63)(H4,55,56,58,59,61)/b10-9-,13-12-,16-15-,19-18-,22-21-,29-8-,54-40?/t45?,46-,50?/m0/s1. The summed E-state index contributed by atoms with van der Waals surface area (Å²) < 4.78 is 29.0. The van der Waals surface area contributed by atoms with Crippen LogP contribution in [0.25, 0.3) is 0 Å². The molecule has 0 aromatic heterocycles. The Bertz CT molecular complexity index is 2310. The lowest BCUT2D eigenvalue weighted by Gasteiger charge is -2.32. The molecule has 17 heteroatoms. The fraction of sp³-hybridized carbons (Fsp3) is 0.396. The molecule has 0 spiro atoms. The lowest BCUT2D eigenvalue weighted by Crippen LogP contribution is -2.49. The topological polar surface area (TPSA) is 248 Å². The first kappa shape index (κ1) is 57.1. The van der Waals surface area contributed by atoms with Crippen LogP contribution >= 0.6 is 0 Å². The molecule has 2 amide bonds. The van der Waals surface area contributed by atoms with Gasteiger partial charge in [-0.25, -0.2) is 9.59 Å². The molecule has 1 aliphatic rings. The Morgan fingerprint density at radius 2 is 1.44 bits per heavy atom. The molecular weight excluding hydrogens is 895 g/mol. The number of hydrogen-bond acceptors (Lipinski definition) is 12. The summed E-state index contributed by atoms with van der Waals surface area (Å²) in [5, 5.41) is 20.7. The Labute approximate surface area is 411 Å². The highest BCUT2D eigenvalue weighted by atomic mass is 16.8. The number of hydrogen-bond donors (Lipinski definition) is 5. The Kier molecular flexibility index (Phi) is 25.3. The molecule has 6 N–H and O–H groups in total. The maximum atomic E-state index is 13.9. The van der Waals surface area contributed by atoms with Gasteiger partial charge >= 0.3 is 17.9 Å². The van der Waals surface area contributed by atoms with Gasteiger partial charge in [0.1, 0.15) is 35.0 Å². The summed E-state index contributed by atoms with van der Waals surface area (Å²) in [5.74, 6) is -3.88. The molecular formula is C53H69N7O10. The van der Waals surface area contributed by atoms with Crippen LogP contribution in [-0.4, -0.2) is 91.9 Å². The molecule has 2 aromatic rings. The van der Waals surface area contributed by atoms with E-state index < -0.39 is 59.3 Å². The number of esters is 3. The van der Waals surface area contributed by atoms with E-state index in [1.165, 1.54) is 29.2 Å². The van der Waals surface area contributed by atoms with Crippen molar-refractivity contribution in [2.24, 2.45) is 16.1 Å². The first-order valence-corrected chi connectivity index (χ1v) is 23.3. The highest BCUT2D eigenvalue weighted by Gasteiger charge is 2.49. The molecule has 3 rings (SSSR count). The first-order chi connectivity index (χ1) is 33.6. The van der Waals surface area contributed by atoms with Gasteiger partial charge in [0, 0.05) is 44.5 Å². The van der Waals surface area contributed by atoms with Crippen molar-refractivity contribution in [3.63, 3.8) is 0 Å². The monoisotopic (exact) mass is 964 g/mol. The summed E-state index contributed by atoms with van der Waals surface area (Å²) >= 11 is 0. The molecule has 17 nitrogen and oxygen atoms in total. The molecule has 70 heavy (non-hydrogen) atoms. The van der Waals surface area contributed by atoms with Crippen LogP contribution in [0.2, 0.25) is 0 Å². The predicted molar refractivity (Wildman–Crippen MR) is 270 cm³/mol. The molecule has 2 unspecified atom stereocenters. The fourth-order valence-electron chi connectivity index (χ4n) is 6.22. The second-order valence-corrected chi connectivity index (χ2v) is 16.7. The Morgan fingerprint density at radius 3 is 2.07 bits per heavy atom. The summed E-state index contributed by atoms with van der Waals surface area (Å²) in [4.78, 5) is 70.5. The number of guanidine groups is 2. The van der Waals surface area contributed by atoms with Crippen LogP contribution in [0, 0.1) is 16.2 Å². The van der Waals surface area contributed by atoms with Gasteiger partial charge in [0.25, 0.3) is 0 Å². The third-order valence-electron chi connectivity index (χ3n) is 10.0. The summed E-state index contributed by atoms with van der Waals surface area (Å²) in [7, 11) is 3.19. The van der Waals surface area contributed by atoms with Crippen molar-refractivity contribution in [3.05, 3.63) is 133 Å². The van der Waals surface area contributed by atoms with Gasteiger partial charge in [-0.05, 0) is 76.1 Å². The molecule has 1 aliphatic heterocycles. The van der Waals surface area contributed by atoms with Crippen molar-refractivity contribution in [2.75, 3.05) is 27.2 Å². The van der Waals surface area contributed by atoms with E-state index in [9.17, 15) is 24.0 Å². The van der Waals surface area contributed by atoms with Gasteiger partial charge in [-0.15, -0.1) is 0 Å². The van der Waals surface area contributed by atoms with Crippen molar-refractivity contribution in [1.82, 2.24) is 15.5 Å². The number of allylic oxidation sites excluding steroid dienone is 11. The SMILES string of the molecule is C/C=C\C(=N)C(=O)Oc1ccccc1C(=O)Oc1ccccc1C1OC1O[C@@H](C(=O)NCCC(=O)NC(N)=NC(=N)N(C)C)C(C)(C)COC(=O)CCC/C=C\C/C=C\C/C=C\C/C=C\C/C=C\CC. The van der Waals surface area contributed by atoms with E-state index in [1.807, 2.05) is 6.08 Å². The van der Waals surface area contributed by atoms with Gasteiger partial charge in [-0.1, -0.05) is 118 Å². The van der Waals surface area contributed by atoms with E-state index in [4.69, 9.17) is 40.2 Å². The first-order valence-electron chi connectivity index (χ1n) is 23.3. The second-order valence-electron chi connectivity index (χ2n) is 16.7. The van der Waals surface area contributed by atoms with Crippen LogP contribution < -0.4 is 25.8 Å². The van der Waals surface area contributed by atoms with E-state index in [0.29, 0.717) is 18.4 Å². The number of para-hydroxylation sites is 2. The number of amides is 2. The molecule has 0 radical (unpaired) electrons. The largest absolute Gasteiger partial charge is 0.465 e. The Hall–Kier alpha value is -7.24. The molecule has 3 atom stereocenters. The van der Waals surface area contributed by atoms with E-state index in [0.717, 1.165) is 32.1 Å². The molecule has 376 valence electrons. The van der Waals surface area contributed by atoms with Crippen molar-refractivity contribution in [1.29, 1.82) is 10.8 Å². The Balaban J connectivity index is 1.63. The maximum Gasteiger partial charge on any atom is 0.361 e. The lowest BCUT2D eigenvalue weighted by molar-refractivity contribution is -0.161. The van der Waals surface area contributed by atoms with Crippen LogP contribution in [-0.2, 0) is 33.4 Å². The minimum absolute atomic E-state index is 0.0673. The molecule has 1 saturated heterocycles. The molecule has 1 fully saturated rings. The third kappa shape index (κ3) is 21.4. The predicted octanol–water partition coefficient (Wildman–Crippen LogP) is 8.11. The molecule has 0 saturated carbocycles. The quantitative estimate of drug-likeness (QED) is 0.0103. The number of aliphatic imine (C=N–C) groups is 1. The number of rotatable bonds is 28. The van der Waals surface area contributed by atoms with Crippen LogP contribution in [0.4, 0.5) is 0 Å². The van der Waals surface area contributed by atoms with E-state index in [2.05, 4.69) is 77.2 Å². The van der Waals surface area contributed by atoms with Gasteiger partial charge < -0.3 is 39.6 Å². The number of epoxide rings is 1. The second kappa shape index (κ2) is 31.0. The minimum Gasteiger partial charge on any atom is -0.465 e. The van der Waals surface area contributed by atoms with Crippen molar-refractivity contribution in [3.8, 4) is 11.5 Å². The molecule has 0 aliphatic carbocycles. The van der Waals surface area contributed by atoms with E-state index in [-0.39, 0.29) is 55.0 Å². The van der Waals surface area contributed by atoms with Crippen LogP contribution in [0.5, 0.6) is 11.5 Å². The summed E-state index contributed by atoms with van der Waals surface area (Å²) in [6.45, 7) is 6.84. The van der Waals surface area contributed by atoms with E-state index in [1.54, 1.807) is 71.3 Å². The van der Waals surface area contributed by atoms with Crippen molar-refractivity contribution < 1.29 is 47.7 Å². The zero-order valence-electron chi connectivity index (χ0n) is 41.1. The smallest absolute Gasteiger partial charge is 0.361 e. The normalized spacial score (nSPS) is 15.5. The van der Waals surface area contributed by atoms with Crippen molar-refractivity contribution >= 4 is 47.4 Å². The van der Waals surface area contributed by atoms with Gasteiger partial charge in [-0.2, -0.15) is 4.99 Å². The molecule has 2 aromatic carbocycles. The number of nitrogens with one attached hydrogen (secondary N) is 4. The van der Waals surface area contributed by atoms with Crippen LogP contribution in [0.3, 0.4) is 0 Å². The maximum absolute atomic E-state index is 13.9. The number of carbonyl (C=O) groups is 5. The van der Waals surface area contributed by atoms with Gasteiger partial charge in [0.05, 0.1) is 6.61 Å². The highest BCUT2D eigenvalue weighted by Crippen LogP contribution is 2.45. The lowest BCUT2D eigenvalue weighted by atomic mass is 9.86. The third-order valence-corrected chi connectivity index (χ3v) is 10.0. The van der Waals surface area contributed by atoms with Gasteiger partial charge in [0.15, 0.2) is 6.29 Å². The summed E-state index contributed by atoms with van der Waals surface area (Å²) in [6, 6.07) is 12.5. The number of benzene rings is 2. The number of carbonyl (C=O) groups excluding carboxylic acids is 5. The van der Waals surface area contributed by atoms with Gasteiger partial charge in [0.2, 0.25) is 23.7 Å². The Morgan fingerprint density at radius 1 is 0.843 bits per heavy atom. The number of nitrogens with two attached hydrogens (primary N) is 1. The van der Waals surface area contributed by atoms with Gasteiger partial charge in [-0.3, -0.25) is 30.5 Å². The average molecular weight is 964 g/mol. The highest BCUT2D eigenvalue weighted by molar-refractivity contribution is 6.40.